The summed E-state index contributed by atoms with van der Waals surface area (Å²) in [5.41, 5.74) is -0.00245. The van der Waals surface area contributed by atoms with E-state index in [1.54, 1.807) is 0 Å². The minimum atomic E-state index is -0.00245. The second-order valence-corrected chi connectivity index (χ2v) is 12.9. The van der Waals surface area contributed by atoms with E-state index in [2.05, 4.69) is 70.1 Å². The van der Waals surface area contributed by atoms with Gasteiger partial charge in [-0.25, -0.2) is 0 Å². The van der Waals surface area contributed by atoms with E-state index in [-0.39, 0.29) is 15.9 Å². The lowest BCUT2D eigenvalue weighted by Gasteiger charge is -2.35. The summed E-state index contributed by atoms with van der Waals surface area (Å²) in [5.74, 6) is 8.63. The lowest BCUT2D eigenvalue weighted by atomic mass is 9.89. The van der Waals surface area contributed by atoms with E-state index in [1.165, 1.54) is 0 Å². The van der Waals surface area contributed by atoms with Gasteiger partial charge in [0.05, 0.1) is 0 Å². The summed E-state index contributed by atoms with van der Waals surface area (Å²) in [6, 6.07) is 0. The number of hydrogen-bond donors (Lipinski definition) is 7. The molecule has 0 aliphatic carbocycles. The van der Waals surface area contributed by atoms with Crippen molar-refractivity contribution in [3.05, 3.63) is 0 Å². The normalized spacial score (nSPS) is 17.3. The van der Waals surface area contributed by atoms with E-state index in [1.807, 2.05) is 35.3 Å². The molecule has 0 N–H and O–H groups in total. The summed E-state index contributed by atoms with van der Waals surface area (Å²) in [7, 11) is 0. The SMILES string of the molecule is CC(CS)(CS)C(S)C(S)CSC(CS)CSCC(CS)SCCS. The third kappa shape index (κ3) is 12.1. The first kappa shape index (κ1) is 28.5. The minimum absolute atomic E-state index is 0.00245. The standard InChI is InChI=1S/C15H32S10/c1-15(9-19,10-20)14(22)13(21)8-25-12(5-18)7-23-6-11(4-17)24-3-2-16/h11-14,16-22H,2-10H2,1H3. The molecule has 0 heterocycles. The van der Waals surface area contributed by atoms with Crippen LogP contribution in [0.25, 0.3) is 0 Å². The van der Waals surface area contributed by atoms with E-state index >= 15 is 0 Å². The molecule has 0 rings (SSSR count). The monoisotopic (exact) mass is 532 g/mol. The first-order valence-electron chi connectivity index (χ1n) is 8.09. The Hall–Kier alpha value is 3.50. The fourth-order valence-electron chi connectivity index (χ4n) is 1.88. The van der Waals surface area contributed by atoms with Crippen LogP contribution in [0.5, 0.6) is 0 Å². The summed E-state index contributed by atoms with van der Waals surface area (Å²) < 4.78 is 0. The van der Waals surface area contributed by atoms with Gasteiger partial charge in [0.1, 0.15) is 0 Å². The Balaban J connectivity index is 4.23. The van der Waals surface area contributed by atoms with E-state index in [9.17, 15) is 0 Å². The van der Waals surface area contributed by atoms with Crippen LogP contribution in [-0.4, -0.2) is 72.8 Å². The predicted molar refractivity (Wildman–Crippen MR) is 153 cm³/mol. The summed E-state index contributed by atoms with van der Waals surface area (Å²) in [5, 5.41) is 1.55. The first-order valence-corrected chi connectivity index (χ1v) is 15.5. The molecule has 0 aromatic heterocycles. The van der Waals surface area contributed by atoms with Crippen molar-refractivity contribution in [2.75, 3.05) is 51.8 Å². The molecule has 0 radical (unpaired) electrons. The highest BCUT2D eigenvalue weighted by Crippen LogP contribution is 2.35. The minimum Gasteiger partial charge on any atom is -0.179 e. The highest BCUT2D eigenvalue weighted by atomic mass is 32.2. The Bertz CT molecular complexity index is 313. The van der Waals surface area contributed by atoms with Crippen LogP contribution in [0.2, 0.25) is 0 Å². The van der Waals surface area contributed by atoms with Crippen molar-refractivity contribution < 1.29 is 0 Å². The second-order valence-electron chi connectivity index (χ2n) is 6.06. The average Bonchev–Trinajstić information content (AvgIpc) is 2.65. The molecule has 0 fully saturated rings. The number of thioether (sulfide) groups is 3. The molecule has 0 spiro atoms. The van der Waals surface area contributed by atoms with E-state index in [4.69, 9.17) is 25.3 Å². The molecule has 25 heavy (non-hydrogen) atoms. The van der Waals surface area contributed by atoms with Gasteiger partial charge < -0.3 is 0 Å². The molecule has 0 aliphatic heterocycles. The first-order chi connectivity index (χ1) is 11.9. The Morgan fingerprint density at radius 3 is 1.76 bits per heavy atom. The third-order valence-corrected chi connectivity index (χ3v) is 13.4. The van der Waals surface area contributed by atoms with Crippen LogP contribution >= 0.6 is 124 Å². The van der Waals surface area contributed by atoms with Crippen molar-refractivity contribution in [1.82, 2.24) is 0 Å². The zero-order valence-corrected chi connectivity index (χ0v) is 23.2. The van der Waals surface area contributed by atoms with Crippen LogP contribution in [0.4, 0.5) is 0 Å². The van der Waals surface area contributed by atoms with Crippen LogP contribution in [-0.2, 0) is 0 Å². The molecular formula is C15H32S10. The third-order valence-electron chi connectivity index (χ3n) is 3.76. The molecule has 0 aromatic rings. The van der Waals surface area contributed by atoms with Gasteiger partial charge in [-0.15, -0.1) is 0 Å². The molecule has 0 bridgehead atoms. The molecule has 4 unspecified atom stereocenters. The van der Waals surface area contributed by atoms with E-state index < -0.39 is 0 Å². The highest BCUT2D eigenvalue weighted by Gasteiger charge is 2.33. The molecule has 0 saturated carbocycles. The van der Waals surface area contributed by atoms with Crippen molar-refractivity contribution in [3.63, 3.8) is 0 Å². The quantitative estimate of drug-likeness (QED) is 0.137. The molecule has 0 aromatic carbocycles. The average molecular weight is 533 g/mol. The molecule has 10 heteroatoms. The van der Waals surface area contributed by atoms with Crippen molar-refractivity contribution in [3.8, 4) is 0 Å². The molecule has 152 valence electrons. The zero-order valence-electron chi connectivity index (χ0n) is 14.5. The maximum absolute atomic E-state index is 4.81. The fraction of sp³-hybridized carbons (Fsp3) is 1.00. The maximum atomic E-state index is 4.81. The maximum Gasteiger partial charge on any atom is 0.0230 e. The van der Waals surface area contributed by atoms with Gasteiger partial charge in [0, 0.05) is 55.5 Å². The lowest BCUT2D eigenvalue weighted by molar-refractivity contribution is 0.417. The van der Waals surface area contributed by atoms with Gasteiger partial charge in [-0.2, -0.15) is 124 Å². The molecule has 0 saturated heterocycles. The number of rotatable bonds is 16. The highest BCUT2D eigenvalue weighted by molar-refractivity contribution is 8.06. The topological polar surface area (TPSA) is 0 Å². The Labute approximate surface area is 206 Å². The van der Waals surface area contributed by atoms with Crippen molar-refractivity contribution in [2.45, 2.75) is 27.9 Å². The van der Waals surface area contributed by atoms with Crippen LogP contribution in [0.1, 0.15) is 6.92 Å². The van der Waals surface area contributed by atoms with Crippen LogP contribution in [0.3, 0.4) is 0 Å². The van der Waals surface area contributed by atoms with Crippen LogP contribution in [0.15, 0.2) is 0 Å². The van der Waals surface area contributed by atoms with Gasteiger partial charge in [-0.3, -0.25) is 0 Å². The van der Waals surface area contributed by atoms with Gasteiger partial charge in [0.25, 0.3) is 0 Å². The lowest BCUT2D eigenvalue weighted by Crippen LogP contribution is -2.39. The Morgan fingerprint density at radius 1 is 0.800 bits per heavy atom. The van der Waals surface area contributed by atoms with Gasteiger partial charge in [-0.05, 0) is 22.7 Å². The summed E-state index contributed by atoms with van der Waals surface area (Å²) in [6.07, 6.45) is 0. The van der Waals surface area contributed by atoms with Crippen molar-refractivity contribution in [1.29, 1.82) is 0 Å². The Kier molecular flexibility index (Phi) is 19.6. The smallest absolute Gasteiger partial charge is 0.0230 e. The van der Waals surface area contributed by atoms with Crippen LogP contribution < -0.4 is 0 Å². The molecule has 0 nitrogen and oxygen atoms in total. The van der Waals surface area contributed by atoms with Crippen molar-refractivity contribution >= 4 is 124 Å². The summed E-state index contributed by atoms with van der Waals surface area (Å²) in [4.78, 5) is 0. The predicted octanol–water partition coefficient (Wildman–Crippen LogP) is 5.18. The number of thiol groups is 7. The molecule has 0 aliphatic rings. The fourth-order valence-corrected chi connectivity index (χ4v) is 9.13. The second kappa shape index (κ2) is 17.2. The van der Waals surface area contributed by atoms with E-state index in [0.717, 1.165) is 51.8 Å². The van der Waals surface area contributed by atoms with Crippen molar-refractivity contribution in [2.24, 2.45) is 5.41 Å². The summed E-state index contributed by atoms with van der Waals surface area (Å²) in [6.45, 7) is 2.19. The largest absolute Gasteiger partial charge is 0.179 e. The van der Waals surface area contributed by atoms with Gasteiger partial charge in [0.2, 0.25) is 0 Å². The van der Waals surface area contributed by atoms with Gasteiger partial charge in [0.15, 0.2) is 0 Å². The van der Waals surface area contributed by atoms with E-state index in [0.29, 0.717) is 10.5 Å². The summed E-state index contributed by atoms with van der Waals surface area (Å²) >= 11 is 37.8. The molecule has 4 atom stereocenters. The number of hydrogen-bond acceptors (Lipinski definition) is 10. The van der Waals surface area contributed by atoms with Gasteiger partial charge in [-0.1, -0.05) is 6.92 Å². The zero-order chi connectivity index (χ0) is 19.3. The van der Waals surface area contributed by atoms with Crippen LogP contribution in [0, 0.1) is 5.41 Å². The van der Waals surface area contributed by atoms with Gasteiger partial charge >= 0.3 is 0 Å². The Morgan fingerprint density at radius 2 is 1.32 bits per heavy atom. The molecular weight excluding hydrogens is 501 g/mol. The molecule has 0 amide bonds.